The molecule has 0 saturated carbocycles. The standard InChI is InChI=1S/C11H8F4N2O2/c1-2-19-10(18)8-9(11(13,14)15)16-7-4-3-6(12)5-17(7)8/h3-5H,2H2,1H3. The van der Waals surface area contributed by atoms with E-state index in [-0.39, 0.29) is 12.3 Å². The van der Waals surface area contributed by atoms with E-state index in [9.17, 15) is 22.4 Å². The summed E-state index contributed by atoms with van der Waals surface area (Å²) in [6.07, 6.45) is -4.07. The van der Waals surface area contributed by atoms with Crippen LogP contribution in [0, 0.1) is 5.82 Å². The van der Waals surface area contributed by atoms with Gasteiger partial charge in [-0.1, -0.05) is 0 Å². The zero-order valence-electron chi connectivity index (χ0n) is 9.66. The van der Waals surface area contributed by atoms with Gasteiger partial charge in [-0.05, 0) is 19.1 Å². The van der Waals surface area contributed by atoms with Gasteiger partial charge in [0.2, 0.25) is 0 Å². The maximum Gasteiger partial charge on any atom is 0.435 e. The molecule has 0 bridgehead atoms. The van der Waals surface area contributed by atoms with E-state index in [4.69, 9.17) is 0 Å². The van der Waals surface area contributed by atoms with Crippen LogP contribution in [0.5, 0.6) is 0 Å². The van der Waals surface area contributed by atoms with E-state index in [0.717, 1.165) is 22.7 Å². The molecule has 0 amide bonds. The van der Waals surface area contributed by atoms with Gasteiger partial charge in [0.15, 0.2) is 11.4 Å². The number of carbonyl (C=O) groups excluding carboxylic acids is 1. The van der Waals surface area contributed by atoms with Crippen LogP contribution in [-0.4, -0.2) is 22.0 Å². The number of alkyl halides is 3. The summed E-state index contributed by atoms with van der Waals surface area (Å²) in [7, 11) is 0. The molecule has 2 heterocycles. The molecule has 0 radical (unpaired) electrons. The summed E-state index contributed by atoms with van der Waals surface area (Å²) in [6, 6.07) is 2.00. The molecule has 0 saturated heterocycles. The van der Waals surface area contributed by atoms with Crippen molar-refractivity contribution in [3.05, 3.63) is 35.5 Å². The van der Waals surface area contributed by atoms with E-state index in [1.54, 1.807) is 0 Å². The van der Waals surface area contributed by atoms with Crippen LogP contribution in [0.15, 0.2) is 18.3 Å². The summed E-state index contributed by atoms with van der Waals surface area (Å²) in [5.74, 6) is -1.99. The predicted molar refractivity (Wildman–Crippen MR) is 56.1 cm³/mol. The Morgan fingerprint density at radius 2 is 2.11 bits per heavy atom. The van der Waals surface area contributed by atoms with Gasteiger partial charge in [0.05, 0.1) is 6.61 Å². The quantitative estimate of drug-likeness (QED) is 0.625. The van der Waals surface area contributed by atoms with Crippen LogP contribution in [0.25, 0.3) is 5.65 Å². The average molecular weight is 276 g/mol. The van der Waals surface area contributed by atoms with Gasteiger partial charge in [-0.2, -0.15) is 13.2 Å². The lowest BCUT2D eigenvalue weighted by Gasteiger charge is -2.06. The van der Waals surface area contributed by atoms with E-state index < -0.39 is 29.4 Å². The highest BCUT2D eigenvalue weighted by atomic mass is 19.4. The summed E-state index contributed by atoms with van der Waals surface area (Å²) in [5, 5.41) is 0. The molecule has 2 aromatic rings. The Kier molecular flexibility index (Phi) is 3.17. The Bertz CT molecular complexity index is 633. The number of aromatic nitrogens is 2. The number of halogens is 4. The molecule has 2 rings (SSSR count). The molecule has 4 nitrogen and oxygen atoms in total. The Hall–Kier alpha value is -2.12. The van der Waals surface area contributed by atoms with E-state index in [1.807, 2.05) is 0 Å². The van der Waals surface area contributed by atoms with Crippen molar-refractivity contribution in [1.82, 2.24) is 9.38 Å². The first-order chi connectivity index (χ1) is 8.84. The fourth-order valence-corrected chi connectivity index (χ4v) is 1.61. The summed E-state index contributed by atoms with van der Waals surface area (Å²) >= 11 is 0. The Labute approximate surface area is 104 Å². The lowest BCUT2D eigenvalue weighted by Crippen LogP contribution is -2.16. The molecule has 0 aromatic carbocycles. The van der Waals surface area contributed by atoms with Crippen molar-refractivity contribution < 1.29 is 27.1 Å². The van der Waals surface area contributed by atoms with Crippen molar-refractivity contribution >= 4 is 11.6 Å². The Morgan fingerprint density at radius 1 is 1.42 bits per heavy atom. The molecule has 0 N–H and O–H groups in total. The fraction of sp³-hybridized carbons (Fsp3) is 0.273. The molecule has 0 unspecified atom stereocenters. The molecule has 0 atom stereocenters. The number of imidazole rings is 1. The lowest BCUT2D eigenvalue weighted by atomic mass is 10.3. The van der Waals surface area contributed by atoms with Crippen molar-refractivity contribution in [1.29, 1.82) is 0 Å². The number of fused-ring (bicyclic) bond motifs is 1. The molecular weight excluding hydrogens is 268 g/mol. The molecule has 0 fully saturated rings. The highest BCUT2D eigenvalue weighted by Gasteiger charge is 2.40. The molecule has 0 aliphatic rings. The Morgan fingerprint density at radius 3 is 2.68 bits per heavy atom. The average Bonchev–Trinajstić information content (AvgIpc) is 2.67. The molecule has 0 spiro atoms. The molecule has 102 valence electrons. The largest absolute Gasteiger partial charge is 0.461 e. The third-order valence-corrected chi connectivity index (χ3v) is 2.32. The number of pyridine rings is 1. The van der Waals surface area contributed by atoms with Crippen molar-refractivity contribution in [3.63, 3.8) is 0 Å². The first-order valence-corrected chi connectivity index (χ1v) is 5.26. The number of nitrogens with zero attached hydrogens (tertiary/aromatic N) is 2. The number of hydrogen-bond donors (Lipinski definition) is 0. The summed E-state index contributed by atoms with van der Waals surface area (Å²) < 4.78 is 56.8. The zero-order valence-corrected chi connectivity index (χ0v) is 9.66. The van der Waals surface area contributed by atoms with Crippen LogP contribution in [-0.2, 0) is 10.9 Å². The van der Waals surface area contributed by atoms with Gasteiger partial charge >= 0.3 is 12.1 Å². The van der Waals surface area contributed by atoms with E-state index >= 15 is 0 Å². The molecule has 0 aliphatic carbocycles. The van der Waals surface area contributed by atoms with Gasteiger partial charge in [-0.15, -0.1) is 0 Å². The summed E-state index contributed by atoms with van der Waals surface area (Å²) in [6.45, 7) is 1.35. The van der Waals surface area contributed by atoms with Gasteiger partial charge in [-0.25, -0.2) is 14.2 Å². The monoisotopic (exact) mass is 276 g/mol. The van der Waals surface area contributed by atoms with Gasteiger partial charge in [-0.3, -0.25) is 4.40 Å². The summed E-state index contributed by atoms with van der Waals surface area (Å²) in [5.41, 5.74) is -2.41. The Balaban J connectivity index is 2.74. The van der Waals surface area contributed by atoms with Crippen LogP contribution in [0.3, 0.4) is 0 Å². The first-order valence-electron chi connectivity index (χ1n) is 5.26. The minimum atomic E-state index is -4.83. The third kappa shape index (κ3) is 2.38. The lowest BCUT2D eigenvalue weighted by molar-refractivity contribution is -0.141. The third-order valence-electron chi connectivity index (χ3n) is 2.32. The predicted octanol–water partition coefficient (Wildman–Crippen LogP) is 2.67. The van der Waals surface area contributed by atoms with Crippen LogP contribution < -0.4 is 0 Å². The van der Waals surface area contributed by atoms with Crippen molar-refractivity contribution in [2.24, 2.45) is 0 Å². The SMILES string of the molecule is CCOC(=O)c1c(C(F)(F)F)nc2ccc(F)cn12. The van der Waals surface area contributed by atoms with E-state index in [0.29, 0.717) is 0 Å². The summed E-state index contributed by atoms with van der Waals surface area (Å²) in [4.78, 5) is 14.9. The van der Waals surface area contributed by atoms with Crippen LogP contribution in [0.2, 0.25) is 0 Å². The van der Waals surface area contributed by atoms with E-state index in [2.05, 4.69) is 9.72 Å². The second-order valence-corrected chi connectivity index (χ2v) is 3.60. The van der Waals surface area contributed by atoms with E-state index in [1.165, 1.54) is 6.92 Å². The molecule has 8 heteroatoms. The van der Waals surface area contributed by atoms with Gasteiger partial charge in [0, 0.05) is 6.20 Å². The number of rotatable bonds is 2. The minimum absolute atomic E-state index is 0.0985. The number of hydrogen-bond acceptors (Lipinski definition) is 3. The number of ether oxygens (including phenoxy) is 1. The van der Waals surface area contributed by atoms with Crippen LogP contribution >= 0.6 is 0 Å². The second-order valence-electron chi connectivity index (χ2n) is 3.60. The smallest absolute Gasteiger partial charge is 0.435 e. The number of esters is 1. The molecule has 19 heavy (non-hydrogen) atoms. The topological polar surface area (TPSA) is 43.6 Å². The van der Waals surface area contributed by atoms with Gasteiger partial charge in [0.1, 0.15) is 11.5 Å². The number of carbonyl (C=O) groups is 1. The fourth-order valence-electron chi connectivity index (χ4n) is 1.61. The zero-order chi connectivity index (χ0) is 14.2. The first kappa shape index (κ1) is 13.3. The molecule has 0 aliphatic heterocycles. The second kappa shape index (κ2) is 4.52. The van der Waals surface area contributed by atoms with Crippen molar-refractivity contribution in [2.45, 2.75) is 13.1 Å². The molecule has 2 aromatic heterocycles. The maximum atomic E-state index is 13.1. The molecular formula is C11H8F4N2O2. The van der Waals surface area contributed by atoms with Crippen molar-refractivity contribution in [3.8, 4) is 0 Å². The van der Waals surface area contributed by atoms with Crippen LogP contribution in [0.1, 0.15) is 23.1 Å². The minimum Gasteiger partial charge on any atom is -0.461 e. The van der Waals surface area contributed by atoms with Gasteiger partial charge < -0.3 is 4.74 Å². The van der Waals surface area contributed by atoms with Crippen LogP contribution in [0.4, 0.5) is 17.6 Å². The highest BCUT2D eigenvalue weighted by Crippen LogP contribution is 2.32. The normalized spacial score (nSPS) is 11.8. The highest BCUT2D eigenvalue weighted by molar-refractivity contribution is 5.90. The van der Waals surface area contributed by atoms with Crippen molar-refractivity contribution in [2.75, 3.05) is 6.61 Å². The van der Waals surface area contributed by atoms with Gasteiger partial charge in [0.25, 0.3) is 0 Å². The maximum absolute atomic E-state index is 13.1.